The van der Waals surface area contributed by atoms with E-state index in [4.69, 9.17) is 0 Å². The zero-order valence-corrected chi connectivity index (χ0v) is 14.6. The Kier molecular flexibility index (Phi) is 5.93. The quantitative estimate of drug-likeness (QED) is 0.482. The number of benzene rings is 1. The van der Waals surface area contributed by atoms with E-state index in [0.29, 0.717) is 5.69 Å². The van der Waals surface area contributed by atoms with Crippen LogP contribution in [-0.2, 0) is 4.79 Å². The van der Waals surface area contributed by atoms with Gasteiger partial charge in [-0.1, -0.05) is 23.5 Å². The lowest BCUT2D eigenvalue weighted by Crippen LogP contribution is -2.34. The first-order valence-electron chi connectivity index (χ1n) is 6.85. The fourth-order valence-corrected chi connectivity index (χ4v) is 3.32. The number of amides is 2. The van der Waals surface area contributed by atoms with Gasteiger partial charge in [0.2, 0.25) is 5.91 Å². The highest BCUT2D eigenvalue weighted by atomic mass is 32.2. The number of nitrogens with zero attached hydrogens (tertiary/aromatic N) is 2. The van der Waals surface area contributed by atoms with Gasteiger partial charge in [-0.3, -0.25) is 19.7 Å². The molecule has 1 aromatic heterocycles. The van der Waals surface area contributed by atoms with Crippen LogP contribution < -0.4 is 5.32 Å². The Morgan fingerprint density at radius 3 is 2.62 bits per heavy atom. The Bertz CT molecular complexity index is 776. The largest absolute Gasteiger partial charge is 0.332 e. The van der Waals surface area contributed by atoms with Crippen LogP contribution in [0.5, 0.6) is 0 Å². The van der Waals surface area contributed by atoms with Crippen LogP contribution in [0.4, 0.5) is 10.7 Å². The lowest BCUT2D eigenvalue weighted by atomic mass is 10.3. The first kappa shape index (κ1) is 18.0. The molecule has 0 fully saturated rings. The fourth-order valence-electron chi connectivity index (χ4n) is 1.95. The van der Waals surface area contributed by atoms with Crippen molar-refractivity contribution >= 4 is 45.6 Å². The number of likely N-dealkylation sites (N-methyl/N-ethyl adjacent to an activating group) is 1. The molecule has 0 atom stereocenters. The van der Waals surface area contributed by atoms with E-state index in [0.717, 1.165) is 16.2 Å². The van der Waals surface area contributed by atoms with Gasteiger partial charge < -0.3 is 10.2 Å². The van der Waals surface area contributed by atoms with E-state index in [1.54, 1.807) is 6.07 Å². The molecule has 0 spiro atoms. The molecule has 2 rings (SSSR count). The Morgan fingerprint density at radius 1 is 1.29 bits per heavy atom. The summed E-state index contributed by atoms with van der Waals surface area (Å²) < 4.78 is 0. The fraction of sp³-hybridized carbons (Fsp3) is 0.200. The summed E-state index contributed by atoms with van der Waals surface area (Å²) in [5.41, 5.74) is 0.683. The summed E-state index contributed by atoms with van der Waals surface area (Å²) in [5, 5.41) is 13.3. The topological polar surface area (TPSA) is 92.6 Å². The number of rotatable bonds is 6. The first-order chi connectivity index (χ1) is 11.4. The molecule has 0 saturated heterocycles. The second-order valence-electron chi connectivity index (χ2n) is 4.80. The maximum Gasteiger partial charge on any atom is 0.324 e. The average Bonchev–Trinajstić information content (AvgIpc) is 3.04. The zero-order valence-electron chi connectivity index (χ0n) is 13.0. The van der Waals surface area contributed by atoms with Crippen molar-refractivity contribution in [1.82, 2.24) is 4.90 Å². The van der Waals surface area contributed by atoms with Crippen LogP contribution in [0.2, 0.25) is 0 Å². The molecule has 1 aromatic carbocycles. The van der Waals surface area contributed by atoms with E-state index in [1.807, 2.05) is 24.5 Å². The van der Waals surface area contributed by atoms with E-state index in [1.165, 1.54) is 35.8 Å². The van der Waals surface area contributed by atoms with Gasteiger partial charge in [0.1, 0.15) is 0 Å². The molecular weight excluding hydrogens is 350 g/mol. The second-order valence-corrected chi connectivity index (χ2v) is 6.71. The number of thiophene rings is 1. The number of anilines is 1. The summed E-state index contributed by atoms with van der Waals surface area (Å²) in [6.07, 6.45) is 1.91. The van der Waals surface area contributed by atoms with Crippen LogP contribution in [0.3, 0.4) is 0 Å². The number of nitrogens with one attached hydrogen (secondary N) is 1. The first-order valence-corrected chi connectivity index (χ1v) is 8.89. The molecule has 7 nitrogen and oxygen atoms in total. The van der Waals surface area contributed by atoms with Crippen molar-refractivity contribution in [2.75, 3.05) is 25.2 Å². The van der Waals surface area contributed by atoms with Crippen molar-refractivity contribution < 1.29 is 14.5 Å². The summed E-state index contributed by atoms with van der Waals surface area (Å²) >= 11 is 2.30. The van der Waals surface area contributed by atoms with Crippen LogP contribution in [-0.4, -0.2) is 41.5 Å². The van der Waals surface area contributed by atoms with Gasteiger partial charge in [0.25, 0.3) is 5.91 Å². The van der Waals surface area contributed by atoms with E-state index in [2.05, 4.69) is 5.32 Å². The van der Waals surface area contributed by atoms with Gasteiger partial charge >= 0.3 is 5.00 Å². The Balaban J connectivity index is 2.00. The van der Waals surface area contributed by atoms with Gasteiger partial charge in [0, 0.05) is 18.0 Å². The minimum absolute atomic E-state index is 0.106. The highest BCUT2D eigenvalue weighted by Crippen LogP contribution is 2.26. The molecule has 0 aliphatic rings. The van der Waals surface area contributed by atoms with Crippen molar-refractivity contribution in [2.24, 2.45) is 0 Å². The SMILES string of the molecule is CSc1ccccc1NC(=O)CN(C)C(=O)c1ccc([N+](=O)[O-])s1. The van der Waals surface area contributed by atoms with Crippen LogP contribution in [0.25, 0.3) is 0 Å². The standard InChI is InChI=1S/C15H15N3O4S2/c1-17(15(20)12-7-8-14(24-12)18(21)22)9-13(19)16-10-5-3-4-6-11(10)23-2/h3-8H,9H2,1-2H3,(H,16,19). The van der Waals surface area contributed by atoms with Gasteiger partial charge in [-0.2, -0.15) is 0 Å². The van der Waals surface area contributed by atoms with Gasteiger partial charge in [-0.15, -0.1) is 11.8 Å². The lowest BCUT2D eigenvalue weighted by Gasteiger charge is -2.16. The molecule has 0 unspecified atom stereocenters. The van der Waals surface area contributed by atoms with E-state index in [9.17, 15) is 19.7 Å². The monoisotopic (exact) mass is 365 g/mol. The third-order valence-corrected chi connectivity index (χ3v) is 4.91. The van der Waals surface area contributed by atoms with Crippen molar-refractivity contribution in [1.29, 1.82) is 0 Å². The third-order valence-electron chi connectivity index (χ3n) is 3.09. The zero-order chi connectivity index (χ0) is 17.7. The maximum atomic E-state index is 12.2. The molecule has 2 amide bonds. The van der Waals surface area contributed by atoms with Crippen LogP contribution in [0.1, 0.15) is 9.67 Å². The minimum Gasteiger partial charge on any atom is -0.332 e. The molecule has 0 radical (unpaired) electrons. The van der Waals surface area contributed by atoms with Crippen molar-refractivity contribution in [3.8, 4) is 0 Å². The lowest BCUT2D eigenvalue weighted by molar-refractivity contribution is -0.380. The normalized spacial score (nSPS) is 10.2. The summed E-state index contributed by atoms with van der Waals surface area (Å²) in [6.45, 7) is -0.146. The van der Waals surface area contributed by atoms with Crippen LogP contribution in [0.15, 0.2) is 41.3 Å². The molecule has 0 aliphatic heterocycles. The van der Waals surface area contributed by atoms with E-state index >= 15 is 0 Å². The Hall–Kier alpha value is -2.39. The molecule has 2 aromatic rings. The molecule has 1 heterocycles. The number of para-hydroxylation sites is 1. The van der Waals surface area contributed by atoms with E-state index in [-0.39, 0.29) is 22.3 Å². The van der Waals surface area contributed by atoms with Gasteiger partial charge in [0.15, 0.2) is 0 Å². The average molecular weight is 365 g/mol. The third kappa shape index (κ3) is 4.33. The predicted molar refractivity (Wildman–Crippen MR) is 94.8 cm³/mol. The molecule has 9 heteroatoms. The summed E-state index contributed by atoms with van der Waals surface area (Å²) in [5.74, 6) is -0.764. The minimum atomic E-state index is -0.548. The number of carbonyl (C=O) groups excluding carboxylic acids is 2. The number of carbonyl (C=O) groups is 2. The Morgan fingerprint density at radius 2 is 2.00 bits per heavy atom. The maximum absolute atomic E-state index is 12.2. The summed E-state index contributed by atoms with van der Waals surface area (Å²) in [7, 11) is 1.48. The highest BCUT2D eigenvalue weighted by Gasteiger charge is 2.20. The van der Waals surface area contributed by atoms with Crippen molar-refractivity contribution in [3.63, 3.8) is 0 Å². The number of thioether (sulfide) groups is 1. The molecule has 1 N–H and O–H groups in total. The number of hydrogen-bond donors (Lipinski definition) is 1. The van der Waals surface area contributed by atoms with Gasteiger partial charge in [0.05, 0.1) is 22.0 Å². The number of hydrogen-bond acceptors (Lipinski definition) is 6. The molecule has 0 saturated carbocycles. The summed E-state index contributed by atoms with van der Waals surface area (Å²) in [4.78, 5) is 36.8. The van der Waals surface area contributed by atoms with Gasteiger partial charge in [-0.05, 0) is 24.5 Å². The molecular formula is C15H15N3O4S2. The summed E-state index contributed by atoms with van der Waals surface area (Å²) in [6, 6.07) is 10.0. The molecule has 0 bridgehead atoms. The van der Waals surface area contributed by atoms with Crippen LogP contribution in [0, 0.1) is 10.1 Å². The highest BCUT2D eigenvalue weighted by molar-refractivity contribution is 7.98. The van der Waals surface area contributed by atoms with Crippen molar-refractivity contribution in [3.05, 3.63) is 51.4 Å². The number of nitro groups is 1. The van der Waals surface area contributed by atoms with E-state index < -0.39 is 10.8 Å². The van der Waals surface area contributed by atoms with Gasteiger partial charge in [-0.25, -0.2) is 0 Å². The molecule has 0 aliphatic carbocycles. The smallest absolute Gasteiger partial charge is 0.324 e. The molecule has 126 valence electrons. The van der Waals surface area contributed by atoms with Crippen LogP contribution >= 0.6 is 23.1 Å². The Labute approximate surface area is 146 Å². The van der Waals surface area contributed by atoms with Crippen molar-refractivity contribution in [2.45, 2.75) is 4.90 Å². The molecule has 24 heavy (non-hydrogen) atoms. The predicted octanol–water partition coefficient (Wildman–Crippen LogP) is 3.09. The second kappa shape index (κ2) is 7.93.